The molecule has 0 saturated heterocycles. The highest BCUT2D eigenvalue weighted by Gasteiger charge is 2.24. The van der Waals surface area contributed by atoms with Gasteiger partial charge in [0.25, 0.3) is 0 Å². The van der Waals surface area contributed by atoms with E-state index in [0.717, 1.165) is 11.1 Å². The predicted molar refractivity (Wildman–Crippen MR) is 86.0 cm³/mol. The third-order valence-electron chi connectivity index (χ3n) is 3.62. The zero-order chi connectivity index (χ0) is 15.7. The Balaban J connectivity index is 1.98. The Kier molecular flexibility index (Phi) is 3.60. The average Bonchev–Trinajstić information content (AvgIpc) is 2.51. The lowest BCUT2D eigenvalue weighted by atomic mass is 9.98. The first kappa shape index (κ1) is 14.2. The Morgan fingerprint density at radius 2 is 2.18 bits per heavy atom. The second kappa shape index (κ2) is 5.57. The van der Waals surface area contributed by atoms with E-state index < -0.39 is 0 Å². The fourth-order valence-electron chi connectivity index (χ4n) is 2.46. The van der Waals surface area contributed by atoms with E-state index in [2.05, 4.69) is 11.6 Å². The Morgan fingerprint density at radius 1 is 1.36 bits per heavy atom. The van der Waals surface area contributed by atoms with Crippen LogP contribution in [0.1, 0.15) is 16.7 Å². The summed E-state index contributed by atoms with van der Waals surface area (Å²) in [5, 5.41) is 0. The van der Waals surface area contributed by atoms with Crippen molar-refractivity contribution in [2.45, 2.75) is 13.0 Å². The van der Waals surface area contributed by atoms with Gasteiger partial charge in [0.1, 0.15) is 23.9 Å². The van der Waals surface area contributed by atoms with Crippen molar-refractivity contribution in [1.82, 2.24) is 4.98 Å². The van der Waals surface area contributed by atoms with Gasteiger partial charge < -0.3 is 26.7 Å². The van der Waals surface area contributed by atoms with Crippen LogP contribution in [0, 0.1) is 0 Å². The maximum Gasteiger partial charge on any atom is 0.226 e. The van der Waals surface area contributed by atoms with Gasteiger partial charge in [0.15, 0.2) is 0 Å². The van der Waals surface area contributed by atoms with E-state index in [1.165, 1.54) is 0 Å². The van der Waals surface area contributed by atoms with E-state index in [-0.39, 0.29) is 6.54 Å². The fourth-order valence-corrected chi connectivity index (χ4v) is 2.46. The second-order valence-corrected chi connectivity index (χ2v) is 5.03. The summed E-state index contributed by atoms with van der Waals surface area (Å²) in [6, 6.07) is 5.67. The molecule has 2 aromatic rings. The quantitative estimate of drug-likeness (QED) is 0.635. The smallest absolute Gasteiger partial charge is 0.226 e. The molecule has 22 heavy (non-hydrogen) atoms. The summed E-state index contributed by atoms with van der Waals surface area (Å²) in [7, 11) is 0. The molecule has 2 heterocycles. The molecule has 1 aromatic carbocycles. The highest BCUT2D eigenvalue weighted by atomic mass is 16.5. The van der Waals surface area contributed by atoms with Gasteiger partial charge in [-0.05, 0) is 11.6 Å². The minimum atomic E-state index is 0.249. The van der Waals surface area contributed by atoms with Gasteiger partial charge in [-0.1, -0.05) is 18.7 Å². The van der Waals surface area contributed by atoms with E-state index in [9.17, 15) is 0 Å². The third kappa shape index (κ3) is 2.33. The van der Waals surface area contributed by atoms with Gasteiger partial charge in [-0.2, -0.15) is 4.98 Å². The minimum Gasteiger partial charge on any atom is -0.489 e. The molecule has 1 aromatic heterocycles. The lowest BCUT2D eigenvalue weighted by Crippen LogP contribution is -2.14. The van der Waals surface area contributed by atoms with Gasteiger partial charge in [0, 0.05) is 35.8 Å². The van der Waals surface area contributed by atoms with Gasteiger partial charge in [-0.25, -0.2) is 0 Å². The minimum absolute atomic E-state index is 0.249. The highest BCUT2D eigenvalue weighted by molar-refractivity contribution is 5.68. The number of ether oxygens (including phenoxy) is 2. The molecule has 0 radical (unpaired) electrons. The van der Waals surface area contributed by atoms with Gasteiger partial charge in [-0.15, -0.1) is 0 Å². The van der Waals surface area contributed by atoms with E-state index in [0.29, 0.717) is 47.5 Å². The molecule has 0 aliphatic carbocycles. The molecule has 114 valence electrons. The summed E-state index contributed by atoms with van der Waals surface area (Å²) in [6.07, 6.45) is 2.31. The van der Waals surface area contributed by atoms with Crippen LogP contribution in [0.25, 0.3) is 0 Å². The number of anilines is 2. The molecule has 1 aliphatic rings. The first-order valence-electron chi connectivity index (χ1n) is 6.95. The monoisotopic (exact) mass is 298 g/mol. The molecule has 0 bridgehead atoms. The van der Waals surface area contributed by atoms with Gasteiger partial charge in [0.05, 0.1) is 0 Å². The molecular weight excluding hydrogens is 280 g/mol. The van der Waals surface area contributed by atoms with Crippen molar-refractivity contribution < 1.29 is 9.47 Å². The number of nitrogen functional groups attached to an aromatic ring is 2. The first-order valence-corrected chi connectivity index (χ1v) is 6.95. The van der Waals surface area contributed by atoms with Crippen molar-refractivity contribution in [3.05, 3.63) is 47.5 Å². The van der Waals surface area contributed by atoms with Crippen LogP contribution in [-0.4, -0.2) is 11.6 Å². The summed E-state index contributed by atoms with van der Waals surface area (Å²) in [5.41, 5.74) is 20.8. The molecule has 0 unspecified atom stereocenters. The lowest BCUT2D eigenvalue weighted by Gasteiger charge is -2.23. The van der Waals surface area contributed by atoms with Crippen molar-refractivity contribution in [3.8, 4) is 17.4 Å². The molecule has 6 N–H and O–H groups in total. The number of hydrogen-bond acceptors (Lipinski definition) is 6. The van der Waals surface area contributed by atoms with E-state index >= 15 is 0 Å². The normalized spacial score (nSPS) is 12.0. The van der Waals surface area contributed by atoms with Crippen LogP contribution in [0.2, 0.25) is 0 Å². The molecular formula is C16H18N4O2. The number of aromatic nitrogens is 1. The summed E-state index contributed by atoms with van der Waals surface area (Å²) in [6.45, 7) is 4.31. The van der Waals surface area contributed by atoms with E-state index in [1.807, 2.05) is 18.2 Å². The molecule has 0 fully saturated rings. The van der Waals surface area contributed by atoms with Gasteiger partial charge >= 0.3 is 0 Å². The number of rotatable bonds is 4. The van der Waals surface area contributed by atoms with Gasteiger partial charge in [0.2, 0.25) is 5.88 Å². The number of nitrogens with zero attached hydrogens (tertiary/aromatic N) is 1. The molecule has 0 atom stereocenters. The number of hydrogen-bond donors (Lipinski definition) is 3. The maximum atomic E-state index is 6.15. The molecule has 3 rings (SSSR count). The molecule has 0 amide bonds. The van der Waals surface area contributed by atoms with Crippen LogP contribution in [0.15, 0.2) is 30.9 Å². The maximum absolute atomic E-state index is 6.15. The van der Waals surface area contributed by atoms with Crippen LogP contribution in [0.3, 0.4) is 0 Å². The van der Waals surface area contributed by atoms with Gasteiger partial charge in [-0.3, -0.25) is 0 Å². The van der Waals surface area contributed by atoms with Crippen LogP contribution >= 0.6 is 0 Å². The van der Waals surface area contributed by atoms with Crippen LogP contribution in [-0.2, 0) is 13.0 Å². The molecule has 0 spiro atoms. The summed E-state index contributed by atoms with van der Waals surface area (Å²) in [4.78, 5) is 4.27. The van der Waals surface area contributed by atoms with Crippen molar-refractivity contribution in [2.75, 3.05) is 18.1 Å². The number of fused-ring (bicyclic) bond motifs is 2. The summed E-state index contributed by atoms with van der Waals surface area (Å²) < 4.78 is 11.4. The Hall–Kier alpha value is -2.73. The summed E-state index contributed by atoms with van der Waals surface area (Å²) >= 11 is 0. The highest BCUT2D eigenvalue weighted by Crippen LogP contribution is 2.41. The standard InChI is InChI=1S/C16H18N4O2/c1-2-5-21-10-4-3-9-6-11-14(18)12(8-17)15(19)20-16(11)22-13(9)7-10/h2-4,7H,1,5-6,8,17H2,(H4,18,19,20). The van der Waals surface area contributed by atoms with Crippen LogP contribution in [0.4, 0.5) is 11.5 Å². The topological polar surface area (TPSA) is 109 Å². The number of benzene rings is 1. The summed E-state index contributed by atoms with van der Waals surface area (Å²) in [5.74, 6) is 2.14. The third-order valence-corrected chi connectivity index (χ3v) is 3.62. The Bertz CT molecular complexity index is 743. The zero-order valence-corrected chi connectivity index (χ0v) is 12.1. The van der Waals surface area contributed by atoms with Crippen molar-refractivity contribution >= 4 is 11.5 Å². The molecule has 0 saturated carbocycles. The predicted octanol–water partition coefficient (Wildman–Crippen LogP) is 1.97. The fraction of sp³-hybridized carbons (Fsp3) is 0.188. The Morgan fingerprint density at radius 3 is 2.91 bits per heavy atom. The second-order valence-electron chi connectivity index (χ2n) is 5.03. The van der Waals surface area contributed by atoms with E-state index in [1.54, 1.807) is 6.08 Å². The van der Waals surface area contributed by atoms with Crippen LogP contribution in [0.5, 0.6) is 17.4 Å². The van der Waals surface area contributed by atoms with Crippen molar-refractivity contribution in [2.24, 2.45) is 5.73 Å². The largest absolute Gasteiger partial charge is 0.489 e. The first-order chi connectivity index (χ1) is 10.6. The Labute approximate surface area is 128 Å². The number of nitrogens with two attached hydrogens (primary N) is 3. The van der Waals surface area contributed by atoms with Crippen molar-refractivity contribution in [3.63, 3.8) is 0 Å². The number of pyridine rings is 1. The SMILES string of the molecule is C=CCOc1ccc2c(c1)Oc1nc(N)c(CN)c(N)c1C2. The van der Waals surface area contributed by atoms with E-state index in [4.69, 9.17) is 26.7 Å². The lowest BCUT2D eigenvalue weighted by molar-refractivity contribution is 0.358. The van der Waals surface area contributed by atoms with Crippen molar-refractivity contribution in [1.29, 1.82) is 0 Å². The molecule has 6 heteroatoms. The average molecular weight is 298 g/mol. The zero-order valence-electron chi connectivity index (χ0n) is 12.1. The molecule has 6 nitrogen and oxygen atoms in total. The molecule has 1 aliphatic heterocycles. The van der Waals surface area contributed by atoms with Crippen LogP contribution < -0.4 is 26.7 Å².